The Morgan fingerprint density at radius 1 is 1.09 bits per heavy atom. The highest BCUT2D eigenvalue weighted by atomic mass is 32.2. The van der Waals surface area contributed by atoms with Crippen molar-refractivity contribution < 1.29 is 4.79 Å². The second kappa shape index (κ2) is 7.07. The third kappa shape index (κ3) is 3.34. The van der Waals surface area contributed by atoms with Gasteiger partial charge in [-0.2, -0.15) is 0 Å². The van der Waals surface area contributed by atoms with E-state index in [2.05, 4.69) is 23.7 Å². The topological polar surface area (TPSA) is 46.9 Å². The normalized spacial score (nSPS) is 24.1. The highest BCUT2D eigenvalue weighted by Crippen LogP contribution is 2.36. The molecule has 0 radical (unpaired) electrons. The molecular formula is C17H27N3OS. The van der Waals surface area contributed by atoms with E-state index in [1.807, 2.05) is 0 Å². The number of carbonyl (C=O) groups is 1. The van der Waals surface area contributed by atoms with Gasteiger partial charge >= 0.3 is 0 Å². The summed E-state index contributed by atoms with van der Waals surface area (Å²) in [6, 6.07) is 0.575. The number of aryl methyl sites for hydroxylation is 1. The van der Waals surface area contributed by atoms with Gasteiger partial charge in [-0.05, 0) is 39.5 Å². The molecule has 1 amide bonds. The minimum absolute atomic E-state index is 0.0195. The fourth-order valence-electron chi connectivity index (χ4n) is 3.60. The van der Waals surface area contributed by atoms with Crippen LogP contribution in [0.3, 0.4) is 0 Å². The van der Waals surface area contributed by atoms with Crippen LogP contribution in [0.1, 0.15) is 68.8 Å². The first-order valence-electron chi connectivity index (χ1n) is 8.66. The van der Waals surface area contributed by atoms with E-state index in [0.29, 0.717) is 6.04 Å². The van der Waals surface area contributed by atoms with Crippen LogP contribution in [0.4, 0.5) is 0 Å². The fourth-order valence-corrected chi connectivity index (χ4v) is 4.92. The Morgan fingerprint density at radius 2 is 1.82 bits per heavy atom. The number of nitrogens with one attached hydrogen (secondary N) is 1. The zero-order valence-electron chi connectivity index (χ0n) is 13.7. The van der Waals surface area contributed by atoms with E-state index in [1.54, 1.807) is 11.8 Å². The van der Waals surface area contributed by atoms with Crippen LogP contribution >= 0.6 is 11.8 Å². The SMILES string of the molecule is Cc1nc(S[C@H]2CCCCNC2=O)n(C2CCCCC2)c1C. The van der Waals surface area contributed by atoms with Crippen LogP contribution < -0.4 is 5.32 Å². The molecule has 4 nitrogen and oxygen atoms in total. The largest absolute Gasteiger partial charge is 0.355 e. The number of carbonyl (C=O) groups excluding carboxylic acids is 1. The third-order valence-electron chi connectivity index (χ3n) is 5.03. The summed E-state index contributed by atoms with van der Waals surface area (Å²) >= 11 is 1.68. The summed E-state index contributed by atoms with van der Waals surface area (Å²) < 4.78 is 2.43. The van der Waals surface area contributed by atoms with E-state index in [9.17, 15) is 4.79 Å². The quantitative estimate of drug-likeness (QED) is 0.922. The zero-order valence-corrected chi connectivity index (χ0v) is 14.5. The van der Waals surface area contributed by atoms with Gasteiger partial charge in [-0.3, -0.25) is 4.79 Å². The molecule has 22 heavy (non-hydrogen) atoms. The molecule has 1 N–H and O–H groups in total. The maximum absolute atomic E-state index is 12.2. The summed E-state index contributed by atoms with van der Waals surface area (Å²) in [6.45, 7) is 5.09. The molecule has 2 aliphatic rings. The predicted octanol–water partition coefficient (Wildman–Crippen LogP) is 3.77. The van der Waals surface area contributed by atoms with Gasteiger partial charge in [0.25, 0.3) is 0 Å². The standard InChI is InChI=1S/C17H27N3OS/c1-12-13(2)20(14-8-4-3-5-9-14)17(19-12)22-15-10-6-7-11-18-16(15)21/h14-15H,3-11H2,1-2H3,(H,18,21)/t15-/m0/s1. The number of amides is 1. The van der Waals surface area contributed by atoms with Gasteiger partial charge in [0.2, 0.25) is 5.91 Å². The van der Waals surface area contributed by atoms with Crippen LogP contribution in [0, 0.1) is 13.8 Å². The highest BCUT2D eigenvalue weighted by Gasteiger charge is 2.27. The van der Waals surface area contributed by atoms with Crippen LogP contribution in [0.5, 0.6) is 0 Å². The van der Waals surface area contributed by atoms with Gasteiger partial charge in [-0.15, -0.1) is 0 Å². The summed E-state index contributed by atoms with van der Waals surface area (Å²) in [5, 5.41) is 4.12. The number of rotatable bonds is 3. The van der Waals surface area contributed by atoms with Crippen molar-refractivity contribution >= 4 is 17.7 Å². The molecule has 1 saturated heterocycles. The lowest BCUT2D eigenvalue weighted by molar-refractivity contribution is -0.120. The van der Waals surface area contributed by atoms with Gasteiger partial charge in [-0.25, -0.2) is 4.98 Å². The second-order valence-electron chi connectivity index (χ2n) is 6.62. The Kier molecular flexibility index (Phi) is 5.11. The maximum atomic E-state index is 12.2. The smallest absolute Gasteiger partial charge is 0.233 e. The first-order chi connectivity index (χ1) is 10.7. The molecule has 1 aliphatic carbocycles. The molecule has 2 heterocycles. The van der Waals surface area contributed by atoms with Gasteiger partial charge in [0.15, 0.2) is 5.16 Å². The number of hydrogen-bond acceptors (Lipinski definition) is 3. The van der Waals surface area contributed by atoms with Gasteiger partial charge in [-0.1, -0.05) is 37.4 Å². The van der Waals surface area contributed by atoms with Crippen molar-refractivity contribution in [2.75, 3.05) is 6.54 Å². The lowest BCUT2D eigenvalue weighted by Crippen LogP contribution is -2.31. The molecule has 2 fully saturated rings. The molecule has 3 rings (SSSR count). The zero-order chi connectivity index (χ0) is 15.5. The van der Waals surface area contributed by atoms with E-state index in [0.717, 1.165) is 36.7 Å². The second-order valence-corrected chi connectivity index (χ2v) is 7.79. The molecule has 0 bridgehead atoms. The molecule has 0 spiro atoms. The minimum atomic E-state index is 0.0195. The summed E-state index contributed by atoms with van der Waals surface area (Å²) in [7, 11) is 0. The van der Waals surface area contributed by atoms with Crippen molar-refractivity contribution in [3.05, 3.63) is 11.4 Å². The average Bonchev–Trinajstić information content (AvgIpc) is 2.67. The molecular weight excluding hydrogens is 294 g/mol. The Labute approximate surface area is 137 Å². The van der Waals surface area contributed by atoms with Gasteiger partial charge < -0.3 is 9.88 Å². The van der Waals surface area contributed by atoms with Crippen molar-refractivity contribution in [2.24, 2.45) is 0 Å². The van der Waals surface area contributed by atoms with Crippen molar-refractivity contribution in [3.63, 3.8) is 0 Å². The third-order valence-corrected chi connectivity index (χ3v) is 6.26. The average molecular weight is 321 g/mol. The lowest BCUT2D eigenvalue weighted by atomic mass is 9.95. The van der Waals surface area contributed by atoms with Gasteiger partial charge in [0.05, 0.1) is 10.9 Å². The van der Waals surface area contributed by atoms with E-state index >= 15 is 0 Å². The van der Waals surface area contributed by atoms with E-state index in [-0.39, 0.29) is 11.2 Å². The van der Waals surface area contributed by atoms with E-state index < -0.39 is 0 Å². The van der Waals surface area contributed by atoms with Crippen molar-refractivity contribution in [3.8, 4) is 0 Å². The molecule has 0 aromatic carbocycles. The Hall–Kier alpha value is -0.970. The number of aromatic nitrogens is 2. The molecule has 1 aliphatic heterocycles. The Morgan fingerprint density at radius 3 is 2.59 bits per heavy atom. The van der Waals surface area contributed by atoms with Crippen molar-refractivity contribution in [1.82, 2.24) is 14.9 Å². The fraction of sp³-hybridized carbons (Fsp3) is 0.765. The number of nitrogens with zero attached hydrogens (tertiary/aromatic N) is 2. The molecule has 122 valence electrons. The molecule has 1 saturated carbocycles. The van der Waals surface area contributed by atoms with Crippen LogP contribution in [0.25, 0.3) is 0 Å². The number of imidazole rings is 1. The predicted molar refractivity (Wildman–Crippen MR) is 90.3 cm³/mol. The summed E-state index contributed by atoms with van der Waals surface area (Å²) in [5.41, 5.74) is 2.39. The molecule has 5 heteroatoms. The van der Waals surface area contributed by atoms with E-state index in [4.69, 9.17) is 4.98 Å². The first-order valence-corrected chi connectivity index (χ1v) is 9.54. The Balaban J connectivity index is 1.83. The van der Waals surface area contributed by atoms with Crippen molar-refractivity contribution in [2.45, 2.75) is 81.7 Å². The molecule has 1 aromatic rings. The monoisotopic (exact) mass is 321 g/mol. The van der Waals surface area contributed by atoms with Crippen LogP contribution in [0.2, 0.25) is 0 Å². The maximum Gasteiger partial charge on any atom is 0.233 e. The summed E-state index contributed by atoms with van der Waals surface area (Å²) in [4.78, 5) is 17.0. The van der Waals surface area contributed by atoms with Gasteiger partial charge in [0, 0.05) is 18.3 Å². The number of hydrogen-bond donors (Lipinski definition) is 1. The molecule has 0 unspecified atom stereocenters. The van der Waals surface area contributed by atoms with Crippen LogP contribution in [-0.2, 0) is 4.79 Å². The van der Waals surface area contributed by atoms with Crippen LogP contribution in [0.15, 0.2) is 5.16 Å². The van der Waals surface area contributed by atoms with E-state index in [1.165, 1.54) is 37.8 Å². The molecule has 1 atom stereocenters. The highest BCUT2D eigenvalue weighted by molar-refractivity contribution is 8.00. The van der Waals surface area contributed by atoms with Gasteiger partial charge in [0.1, 0.15) is 0 Å². The first kappa shape index (κ1) is 15.9. The van der Waals surface area contributed by atoms with Crippen molar-refractivity contribution in [1.29, 1.82) is 0 Å². The van der Waals surface area contributed by atoms with Crippen LogP contribution in [-0.4, -0.2) is 27.3 Å². The Bertz CT molecular complexity index is 534. The minimum Gasteiger partial charge on any atom is -0.355 e. The number of thioether (sulfide) groups is 1. The lowest BCUT2D eigenvalue weighted by Gasteiger charge is -2.26. The summed E-state index contributed by atoms with van der Waals surface area (Å²) in [5.74, 6) is 0.191. The molecule has 1 aromatic heterocycles. The summed E-state index contributed by atoms with van der Waals surface area (Å²) in [6.07, 6.45) is 9.67.